The van der Waals surface area contributed by atoms with Crippen LogP contribution in [0.25, 0.3) is 0 Å². The number of rotatable bonds is 6. The van der Waals surface area contributed by atoms with Gasteiger partial charge in [0.25, 0.3) is 5.91 Å². The van der Waals surface area contributed by atoms with E-state index in [2.05, 4.69) is 22.5 Å². The van der Waals surface area contributed by atoms with Crippen molar-refractivity contribution in [3.8, 4) is 5.75 Å². The number of hydrogen-bond acceptors (Lipinski definition) is 3. The van der Waals surface area contributed by atoms with Crippen LogP contribution in [0.4, 0.5) is 0 Å². The van der Waals surface area contributed by atoms with Gasteiger partial charge in [-0.1, -0.05) is 53.5 Å². The zero-order valence-electron chi connectivity index (χ0n) is 15.9. The van der Waals surface area contributed by atoms with E-state index in [1.54, 1.807) is 12.1 Å². The highest BCUT2D eigenvalue weighted by Crippen LogP contribution is 2.33. The smallest absolute Gasteiger partial charge is 0.251 e. The molecule has 28 heavy (non-hydrogen) atoms. The Kier molecular flexibility index (Phi) is 6.27. The highest BCUT2D eigenvalue weighted by Gasteiger charge is 2.16. The summed E-state index contributed by atoms with van der Waals surface area (Å²) < 4.78 is 7.07. The molecular weight excluding hydrogens is 397 g/mol. The number of carbonyl (C=O) groups excluding carboxylic acids is 1. The molecule has 1 amide bonds. The van der Waals surface area contributed by atoms with E-state index in [9.17, 15) is 4.79 Å². The fourth-order valence-corrected chi connectivity index (χ4v) is 3.70. The quantitative estimate of drug-likeness (QED) is 0.626. The molecule has 0 unspecified atom stereocenters. The number of carbonyl (C=O) groups is 1. The van der Waals surface area contributed by atoms with E-state index in [-0.39, 0.29) is 5.91 Å². The first-order valence-corrected chi connectivity index (χ1v) is 9.54. The summed E-state index contributed by atoms with van der Waals surface area (Å²) in [5.41, 5.74) is 4.45. The van der Waals surface area contributed by atoms with Crippen LogP contribution in [-0.2, 0) is 13.1 Å². The summed E-state index contributed by atoms with van der Waals surface area (Å²) in [4.78, 5) is 12.5. The van der Waals surface area contributed by atoms with Crippen molar-refractivity contribution in [3.05, 3.63) is 80.6 Å². The molecule has 0 aliphatic heterocycles. The van der Waals surface area contributed by atoms with Crippen molar-refractivity contribution >= 4 is 29.1 Å². The summed E-state index contributed by atoms with van der Waals surface area (Å²) in [6.07, 6.45) is 0. The van der Waals surface area contributed by atoms with Gasteiger partial charge in [-0.25, -0.2) is 0 Å². The monoisotopic (exact) mass is 417 g/mol. The van der Waals surface area contributed by atoms with Crippen molar-refractivity contribution in [1.29, 1.82) is 0 Å². The number of methoxy groups -OCH3 is 1. The van der Waals surface area contributed by atoms with Crippen LogP contribution in [0.3, 0.4) is 0 Å². The maximum Gasteiger partial charge on any atom is 0.251 e. The van der Waals surface area contributed by atoms with Crippen molar-refractivity contribution in [2.75, 3.05) is 7.11 Å². The molecule has 2 aromatic carbocycles. The molecule has 3 aromatic rings. The van der Waals surface area contributed by atoms with Crippen LogP contribution in [0.5, 0.6) is 5.75 Å². The van der Waals surface area contributed by atoms with E-state index in [4.69, 9.17) is 27.9 Å². The van der Waals surface area contributed by atoms with Gasteiger partial charge in [0.2, 0.25) is 0 Å². The van der Waals surface area contributed by atoms with Crippen molar-refractivity contribution in [2.45, 2.75) is 26.9 Å². The Morgan fingerprint density at radius 2 is 1.79 bits per heavy atom. The third kappa shape index (κ3) is 4.32. The summed E-state index contributed by atoms with van der Waals surface area (Å²) in [5.74, 6) is 0.0924. The van der Waals surface area contributed by atoms with Gasteiger partial charge in [-0.15, -0.1) is 0 Å². The minimum atomic E-state index is -0.263. The molecule has 0 saturated heterocycles. The summed E-state index contributed by atoms with van der Waals surface area (Å²) in [5, 5.41) is 8.12. The lowest BCUT2D eigenvalue weighted by Gasteiger charge is -2.10. The topological polar surface area (TPSA) is 56.1 Å². The lowest BCUT2D eigenvalue weighted by molar-refractivity contribution is 0.0951. The van der Waals surface area contributed by atoms with Gasteiger partial charge in [0, 0.05) is 23.4 Å². The largest absolute Gasteiger partial charge is 0.494 e. The fourth-order valence-electron chi connectivity index (χ4n) is 3.06. The molecule has 0 radical (unpaired) electrons. The van der Waals surface area contributed by atoms with Crippen LogP contribution >= 0.6 is 23.2 Å². The molecule has 0 aliphatic carbocycles. The van der Waals surface area contributed by atoms with E-state index in [1.807, 2.05) is 36.7 Å². The Balaban J connectivity index is 1.73. The molecule has 7 heteroatoms. The molecule has 0 fully saturated rings. The third-order valence-electron chi connectivity index (χ3n) is 4.60. The van der Waals surface area contributed by atoms with Crippen LogP contribution in [0.15, 0.2) is 42.5 Å². The molecule has 1 N–H and O–H groups in total. The first-order chi connectivity index (χ1) is 13.4. The highest BCUT2D eigenvalue weighted by atomic mass is 35.5. The third-order valence-corrected chi connectivity index (χ3v) is 5.16. The number of benzene rings is 2. The summed E-state index contributed by atoms with van der Waals surface area (Å²) in [6, 6.07) is 13.2. The fraction of sp³-hybridized carbons (Fsp3) is 0.238. The molecule has 0 bridgehead atoms. The molecule has 0 saturated carbocycles. The average molecular weight is 418 g/mol. The van der Waals surface area contributed by atoms with Crippen LogP contribution < -0.4 is 10.1 Å². The Morgan fingerprint density at radius 1 is 1.14 bits per heavy atom. The highest BCUT2D eigenvalue weighted by molar-refractivity contribution is 6.37. The van der Waals surface area contributed by atoms with Gasteiger partial charge in [-0.2, -0.15) is 5.10 Å². The van der Waals surface area contributed by atoms with Gasteiger partial charge in [0.1, 0.15) is 0 Å². The Labute approximate surface area is 174 Å². The molecule has 146 valence electrons. The van der Waals surface area contributed by atoms with E-state index in [0.29, 0.717) is 34.4 Å². The van der Waals surface area contributed by atoms with Crippen molar-refractivity contribution in [2.24, 2.45) is 0 Å². The number of aromatic nitrogens is 2. The maximum atomic E-state index is 12.5. The minimum absolute atomic E-state index is 0.263. The van der Waals surface area contributed by atoms with E-state index < -0.39 is 0 Å². The number of amides is 1. The summed E-state index contributed by atoms with van der Waals surface area (Å²) in [6.45, 7) is 5.00. The normalized spacial score (nSPS) is 10.8. The van der Waals surface area contributed by atoms with Gasteiger partial charge in [-0.3, -0.25) is 9.48 Å². The van der Waals surface area contributed by atoms with Crippen molar-refractivity contribution < 1.29 is 9.53 Å². The van der Waals surface area contributed by atoms with Crippen LogP contribution in [-0.4, -0.2) is 22.8 Å². The van der Waals surface area contributed by atoms with Crippen molar-refractivity contribution in [3.63, 3.8) is 0 Å². The number of hydrogen-bond donors (Lipinski definition) is 1. The van der Waals surface area contributed by atoms with E-state index in [0.717, 1.165) is 17.0 Å². The molecular formula is C21H21Cl2N3O2. The first-order valence-electron chi connectivity index (χ1n) is 8.78. The molecule has 5 nitrogen and oxygen atoms in total. The minimum Gasteiger partial charge on any atom is -0.494 e. The van der Waals surface area contributed by atoms with Crippen LogP contribution in [0.2, 0.25) is 10.0 Å². The molecule has 0 atom stereocenters. The second kappa shape index (κ2) is 8.67. The standard InChI is InChI=1S/C21H21Cl2N3O2/c1-13-17(14(2)26(25-13)12-15-7-5-4-6-8-15)11-24-21(27)16-9-18(22)20(28-3)19(23)10-16/h4-10H,11-12H2,1-3H3,(H,24,27). The summed E-state index contributed by atoms with van der Waals surface area (Å²) >= 11 is 12.2. The molecule has 0 spiro atoms. The van der Waals surface area contributed by atoms with Crippen LogP contribution in [0.1, 0.15) is 32.9 Å². The first kappa shape index (κ1) is 20.2. The van der Waals surface area contributed by atoms with Crippen molar-refractivity contribution in [1.82, 2.24) is 15.1 Å². The second-order valence-electron chi connectivity index (χ2n) is 6.45. The van der Waals surface area contributed by atoms with Gasteiger partial charge in [0.15, 0.2) is 5.75 Å². The lowest BCUT2D eigenvalue weighted by Crippen LogP contribution is -2.23. The predicted octanol–water partition coefficient (Wildman–Crippen LogP) is 4.79. The molecule has 1 aromatic heterocycles. The molecule has 0 aliphatic rings. The zero-order chi connectivity index (χ0) is 20.3. The van der Waals surface area contributed by atoms with Gasteiger partial charge in [0.05, 0.1) is 29.4 Å². The SMILES string of the molecule is COc1c(Cl)cc(C(=O)NCc2c(C)nn(Cc3ccccc3)c2C)cc1Cl. The van der Waals surface area contributed by atoms with Gasteiger partial charge >= 0.3 is 0 Å². The number of nitrogens with zero attached hydrogens (tertiary/aromatic N) is 2. The maximum absolute atomic E-state index is 12.5. The lowest BCUT2D eigenvalue weighted by atomic mass is 10.1. The van der Waals surface area contributed by atoms with Gasteiger partial charge < -0.3 is 10.1 Å². The average Bonchev–Trinajstić information content (AvgIpc) is 2.93. The van der Waals surface area contributed by atoms with Crippen LogP contribution in [0, 0.1) is 13.8 Å². The Bertz CT molecular complexity index is 977. The molecule has 1 heterocycles. The number of aryl methyl sites for hydroxylation is 1. The second-order valence-corrected chi connectivity index (χ2v) is 7.26. The van der Waals surface area contributed by atoms with Gasteiger partial charge in [-0.05, 0) is 31.5 Å². The Hall–Kier alpha value is -2.50. The number of ether oxygens (including phenoxy) is 1. The predicted molar refractivity (Wildman–Crippen MR) is 111 cm³/mol. The molecule has 3 rings (SSSR count). The number of halogens is 2. The number of nitrogens with one attached hydrogen (secondary N) is 1. The van der Waals surface area contributed by atoms with E-state index in [1.165, 1.54) is 12.7 Å². The van der Waals surface area contributed by atoms with E-state index >= 15 is 0 Å². The Morgan fingerprint density at radius 3 is 2.39 bits per heavy atom. The summed E-state index contributed by atoms with van der Waals surface area (Å²) in [7, 11) is 1.48. The zero-order valence-corrected chi connectivity index (χ0v) is 17.4.